The summed E-state index contributed by atoms with van der Waals surface area (Å²) in [4.78, 5) is 4.58. The van der Waals surface area contributed by atoms with Crippen LogP contribution in [0.15, 0.2) is 12.1 Å². The predicted molar refractivity (Wildman–Crippen MR) is 70.2 cm³/mol. The van der Waals surface area contributed by atoms with Crippen LogP contribution >= 0.6 is 0 Å². The van der Waals surface area contributed by atoms with Crippen LogP contribution in [0.5, 0.6) is 5.88 Å². The molecule has 0 bridgehead atoms. The smallest absolute Gasteiger partial charge is 0.215 e. The third-order valence-electron chi connectivity index (χ3n) is 4.02. The van der Waals surface area contributed by atoms with Crippen molar-refractivity contribution in [2.75, 3.05) is 6.54 Å². The molecule has 2 heterocycles. The Kier molecular flexibility index (Phi) is 3.48. The number of nitrogens with zero attached hydrogens (tertiary/aromatic N) is 1. The van der Waals surface area contributed by atoms with Crippen LogP contribution in [0.25, 0.3) is 0 Å². The number of nitrogens with two attached hydrogens (primary N) is 1. The number of nitrogens with one attached hydrogen (secondary N) is 1. The molecule has 98 valence electrons. The van der Waals surface area contributed by atoms with Crippen molar-refractivity contribution in [3.8, 4) is 5.88 Å². The molecule has 1 atom stereocenters. The van der Waals surface area contributed by atoms with Crippen molar-refractivity contribution in [1.82, 2.24) is 10.3 Å². The number of ether oxygens (including phenoxy) is 1. The Balaban J connectivity index is 1.68. The first-order valence-electron chi connectivity index (χ1n) is 6.95. The average Bonchev–Trinajstić information content (AvgIpc) is 2.92. The molecular formula is C14H21N3O. The lowest BCUT2D eigenvalue weighted by atomic mass is 10.1. The quantitative estimate of drug-likeness (QED) is 0.796. The molecule has 1 aromatic heterocycles. The van der Waals surface area contributed by atoms with Crippen LogP contribution in [0.3, 0.4) is 0 Å². The van der Waals surface area contributed by atoms with Gasteiger partial charge in [0.1, 0.15) is 0 Å². The van der Waals surface area contributed by atoms with Gasteiger partial charge in [0, 0.05) is 31.5 Å². The van der Waals surface area contributed by atoms with Crippen LogP contribution in [-0.2, 0) is 13.0 Å². The third-order valence-corrected chi connectivity index (χ3v) is 4.02. The molecular weight excluding hydrogens is 226 g/mol. The van der Waals surface area contributed by atoms with Gasteiger partial charge < -0.3 is 10.1 Å². The lowest BCUT2D eigenvalue weighted by molar-refractivity contribution is 0.136. The molecule has 2 aliphatic rings. The Hall–Kier alpha value is -1.13. The topological polar surface area (TPSA) is 60.2 Å². The highest BCUT2D eigenvalue weighted by molar-refractivity contribution is 5.27. The maximum Gasteiger partial charge on any atom is 0.215 e. The highest BCUT2D eigenvalue weighted by Crippen LogP contribution is 2.28. The van der Waals surface area contributed by atoms with E-state index in [9.17, 15) is 0 Å². The van der Waals surface area contributed by atoms with Crippen molar-refractivity contribution in [3.63, 3.8) is 0 Å². The summed E-state index contributed by atoms with van der Waals surface area (Å²) in [7, 11) is 0. The molecule has 0 amide bonds. The van der Waals surface area contributed by atoms with Gasteiger partial charge in [0.25, 0.3) is 0 Å². The summed E-state index contributed by atoms with van der Waals surface area (Å²) >= 11 is 0. The summed E-state index contributed by atoms with van der Waals surface area (Å²) in [6.07, 6.45) is 5.73. The molecule has 4 heteroatoms. The second kappa shape index (κ2) is 5.24. The molecule has 1 saturated carbocycles. The number of rotatable bonds is 3. The fourth-order valence-corrected chi connectivity index (χ4v) is 2.90. The van der Waals surface area contributed by atoms with E-state index in [4.69, 9.17) is 10.5 Å². The number of hydrogen-bond donors (Lipinski definition) is 2. The Morgan fingerprint density at radius 1 is 1.33 bits per heavy atom. The van der Waals surface area contributed by atoms with Gasteiger partial charge >= 0.3 is 0 Å². The largest absolute Gasteiger partial charge is 0.458 e. The molecule has 0 radical (unpaired) electrons. The maximum atomic E-state index is 6.11. The van der Waals surface area contributed by atoms with E-state index in [1.165, 1.54) is 31.2 Å². The fourth-order valence-electron chi connectivity index (χ4n) is 2.90. The normalized spacial score (nSPS) is 21.6. The van der Waals surface area contributed by atoms with Crippen LogP contribution in [0, 0.1) is 5.92 Å². The van der Waals surface area contributed by atoms with E-state index >= 15 is 0 Å². The fraction of sp³-hybridized carbons (Fsp3) is 0.643. The van der Waals surface area contributed by atoms with Crippen LogP contribution in [0.1, 0.15) is 36.9 Å². The Bertz CT molecular complexity index is 416. The van der Waals surface area contributed by atoms with Crippen LogP contribution in [0.4, 0.5) is 0 Å². The van der Waals surface area contributed by atoms with Crippen LogP contribution in [0.2, 0.25) is 0 Å². The first kappa shape index (κ1) is 11.9. The molecule has 1 fully saturated rings. The predicted octanol–water partition coefficient (Wildman–Crippen LogP) is 1.58. The lowest BCUT2D eigenvalue weighted by Crippen LogP contribution is -2.35. The zero-order chi connectivity index (χ0) is 12.4. The summed E-state index contributed by atoms with van der Waals surface area (Å²) in [6.45, 7) is 1.91. The second-order valence-corrected chi connectivity index (χ2v) is 5.31. The molecule has 0 spiro atoms. The first-order chi connectivity index (χ1) is 8.83. The molecule has 3 rings (SSSR count). The minimum atomic E-state index is -0.195. The summed E-state index contributed by atoms with van der Waals surface area (Å²) in [5, 5.41) is 3.34. The van der Waals surface area contributed by atoms with Gasteiger partial charge in [-0.3, -0.25) is 5.73 Å². The summed E-state index contributed by atoms with van der Waals surface area (Å²) in [5.41, 5.74) is 8.55. The summed E-state index contributed by atoms with van der Waals surface area (Å²) in [6, 6.07) is 4.05. The van der Waals surface area contributed by atoms with Gasteiger partial charge in [-0.2, -0.15) is 0 Å². The molecule has 1 unspecified atom stereocenters. The molecule has 18 heavy (non-hydrogen) atoms. The molecule has 0 aromatic carbocycles. The number of fused-ring (bicyclic) bond motifs is 1. The van der Waals surface area contributed by atoms with E-state index < -0.39 is 0 Å². The average molecular weight is 247 g/mol. The monoisotopic (exact) mass is 247 g/mol. The van der Waals surface area contributed by atoms with Gasteiger partial charge in [-0.25, -0.2) is 4.98 Å². The molecule has 3 N–H and O–H groups in total. The van der Waals surface area contributed by atoms with Crippen molar-refractivity contribution in [3.05, 3.63) is 23.4 Å². The zero-order valence-electron chi connectivity index (χ0n) is 10.7. The van der Waals surface area contributed by atoms with Crippen molar-refractivity contribution < 1.29 is 4.74 Å². The van der Waals surface area contributed by atoms with Gasteiger partial charge in [0.05, 0.1) is 5.69 Å². The minimum Gasteiger partial charge on any atom is -0.458 e. The third kappa shape index (κ3) is 2.49. The van der Waals surface area contributed by atoms with E-state index in [1.54, 1.807) is 0 Å². The number of aromatic nitrogens is 1. The standard InChI is InChI=1S/C14H21N3O/c15-14(10-3-1-2-4-10)18-13-6-5-11-9-16-8-7-12(11)17-13/h5-6,10,14,16H,1-4,7-9,15H2. The van der Waals surface area contributed by atoms with Crippen molar-refractivity contribution in [1.29, 1.82) is 0 Å². The van der Waals surface area contributed by atoms with E-state index in [2.05, 4.69) is 16.4 Å². The van der Waals surface area contributed by atoms with E-state index in [0.717, 1.165) is 25.2 Å². The number of hydrogen-bond acceptors (Lipinski definition) is 4. The highest BCUT2D eigenvalue weighted by Gasteiger charge is 2.24. The van der Waals surface area contributed by atoms with Crippen LogP contribution in [-0.4, -0.2) is 17.8 Å². The summed E-state index contributed by atoms with van der Waals surface area (Å²) < 4.78 is 5.81. The maximum absolute atomic E-state index is 6.11. The van der Waals surface area contributed by atoms with Gasteiger partial charge in [0.15, 0.2) is 6.23 Å². The summed E-state index contributed by atoms with van der Waals surface area (Å²) in [5.74, 6) is 1.19. The Morgan fingerprint density at radius 2 is 2.17 bits per heavy atom. The van der Waals surface area contributed by atoms with Crippen LogP contribution < -0.4 is 15.8 Å². The SMILES string of the molecule is NC(Oc1ccc2c(n1)CCNC2)C1CCCC1. The highest BCUT2D eigenvalue weighted by atomic mass is 16.5. The van der Waals surface area contributed by atoms with Gasteiger partial charge in [0.2, 0.25) is 5.88 Å². The van der Waals surface area contributed by atoms with Gasteiger partial charge in [-0.15, -0.1) is 0 Å². The van der Waals surface area contributed by atoms with Gasteiger partial charge in [-0.05, 0) is 18.4 Å². The minimum absolute atomic E-state index is 0.195. The van der Waals surface area contributed by atoms with E-state index in [-0.39, 0.29) is 6.23 Å². The van der Waals surface area contributed by atoms with E-state index in [1.807, 2.05) is 6.07 Å². The molecule has 0 saturated heterocycles. The Labute approximate surface area is 108 Å². The Morgan fingerprint density at radius 3 is 3.00 bits per heavy atom. The van der Waals surface area contributed by atoms with Crippen molar-refractivity contribution in [2.45, 2.75) is 44.9 Å². The van der Waals surface area contributed by atoms with Gasteiger partial charge in [-0.1, -0.05) is 18.9 Å². The second-order valence-electron chi connectivity index (χ2n) is 5.31. The van der Waals surface area contributed by atoms with Crippen molar-refractivity contribution in [2.24, 2.45) is 11.7 Å². The molecule has 1 aliphatic heterocycles. The number of pyridine rings is 1. The molecule has 1 aromatic rings. The first-order valence-corrected chi connectivity index (χ1v) is 6.95. The molecule has 1 aliphatic carbocycles. The van der Waals surface area contributed by atoms with E-state index in [0.29, 0.717) is 11.8 Å². The lowest BCUT2D eigenvalue weighted by Gasteiger charge is -2.21. The zero-order valence-corrected chi connectivity index (χ0v) is 10.7. The molecule has 4 nitrogen and oxygen atoms in total. The van der Waals surface area contributed by atoms with Crippen molar-refractivity contribution >= 4 is 0 Å².